The molecular weight excluding hydrogens is 766 g/mol. The number of hydrogen-bond acceptors (Lipinski definition) is 7. The number of unbranched alkanes of at least 4 members (excludes halogenated alkanes) is 22. The maximum absolute atomic E-state index is 13.1. The number of benzene rings is 1. The smallest absolute Gasteiger partial charge is 0.306 e. The number of rotatable bonds is 42. The maximum Gasteiger partial charge on any atom is 0.306 e. The first-order valence-electron chi connectivity index (χ1n) is 24.8. The lowest BCUT2D eigenvalue weighted by atomic mass is 10.1. The Morgan fingerprint density at radius 2 is 0.950 bits per heavy atom. The molecule has 1 aromatic carbocycles. The van der Waals surface area contributed by atoms with Gasteiger partial charge in [0.2, 0.25) is 0 Å². The summed E-state index contributed by atoms with van der Waals surface area (Å²) in [5.74, 6) is -0.520. The molecule has 0 heterocycles. The molecule has 1 unspecified atom stereocenters. The van der Waals surface area contributed by atoms with Gasteiger partial charge in [0, 0.05) is 24.9 Å². The number of carbonyl (C=O) groups is 2. The van der Waals surface area contributed by atoms with E-state index >= 15 is 0 Å². The zero-order chi connectivity index (χ0) is 43.7. The second kappa shape index (κ2) is 41.0. The lowest BCUT2D eigenvalue weighted by Gasteiger charge is -2.36. The Balaban J connectivity index is 2.54. The van der Waals surface area contributed by atoms with Crippen LogP contribution in [-0.4, -0.2) is 48.0 Å². The van der Waals surface area contributed by atoms with Crippen molar-refractivity contribution in [3.05, 3.63) is 60.2 Å². The van der Waals surface area contributed by atoms with Crippen molar-refractivity contribution in [2.75, 3.05) is 13.2 Å². The largest absolute Gasteiger partial charge is 0.462 e. The van der Waals surface area contributed by atoms with Gasteiger partial charge in [-0.3, -0.25) is 9.59 Å². The monoisotopic (exact) mass is 858 g/mol. The third kappa shape index (κ3) is 33.6. The van der Waals surface area contributed by atoms with Crippen molar-refractivity contribution in [2.24, 2.45) is 0 Å². The predicted octanol–water partition coefficient (Wildman–Crippen LogP) is 16.1. The Bertz CT molecular complexity index is 1170. The van der Waals surface area contributed by atoms with E-state index in [2.05, 4.69) is 70.5 Å². The van der Waals surface area contributed by atoms with E-state index in [0.717, 1.165) is 56.9 Å². The molecular formula is C52H92NO6P. The lowest BCUT2D eigenvalue weighted by Crippen LogP contribution is -2.35. The fourth-order valence-electron chi connectivity index (χ4n) is 7.29. The topological polar surface area (TPSA) is 74.3 Å². The summed E-state index contributed by atoms with van der Waals surface area (Å²) < 4.78 is 26.7. The highest BCUT2D eigenvalue weighted by molar-refractivity contribution is 7.44. The number of ether oxygens (including phenoxy) is 2. The highest BCUT2D eigenvalue weighted by Gasteiger charge is 2.29. The van der Waals surface area contributed by atoms with Crippen LogP contribution in [0.2, 0.25) is 0 Å². The molecule has 0 aromatic heterocycles. The van der Waals surface area contributed by atoms with Gasteiger partial charge in [0.1, 0.15) is 6.61 Å². The first-order chi connectivity index (χ1) is 29.3. The summed E-state index contributed by atoms with van der Waals surface area (Å²) in [7, 11) is -1.47. The highest BCUT2D eigenvalue weighted by atomic mass is 31.2. The van der Waals surface area contributed by atoms with E-state index in [4.69, 9.17) is 18.5 Å². The summed E-state index contributed by atoms with van der Waals surface area (Å²) in [6, 6.07) is 10.4. The number of allylic oxidation sites excluding steroid dienone is 4. The van der Waals surface area contributed by atoms with E-state index < -0.39 is 14.6 Å². The van der Waals surface area contributed by atoms with Crippen molar-refractivity contribution in [3.8, 4) is 0 Å². The van der Waals surface area contributed by atoms with Crippen molar-refractivity contribution in [1.82, 2.24) is 4.67 Å². The molecule has 0 spiro atoms. The van der Waals surface area contributed by atoms with Crippen LogP contribution in [0.3, 0.4) is 0 Å². The van der Waals surface area contributed by atoms with Gasteiger partial charge in [-0.05, 0) is 97.5 Å². The van der Waals surface area contributed by atoms with Crippen LogP contribution < -0.4 is 0 Å². The molecule has 0 saturated carbocycles. The van der Waals surface area contributed by atoms with Gasteiger partial charge in [-0.25, -0.2) is 4.67 Å². The van der Waals surface area contributed by atoms with Gasteiger partial charge >= 0.3 is 11.9 Å². The fraction of sp³-hybridized carbons (Fsp3) is 0.769. The Kier molecular flexibility index (Phi) is 38.2. The minimum atomic E-state index is -1.47. The molecule has 0 amide bonds. The zero-order valence-electron chi connectivity index (χ0n) is 39.7. The molecule has 0 bridgehead atoms. The molecule has 0 aliphatic rings. The Labute approximate surface area is 371 Å². The van der Waals surface area contributed by atoms with Gasteiger partial charge in [0.25, 0.3) is 8.53 Å². The normalized spacial score (nSPS) is 13.0. The second-order valence-corrected chi connectivity index (χ2v) is 18.8. The van der Waals surface area contributed by atoms with Crippen LogP contribution in [-0.2, 0) is 34.7 Å². The molecule has 2 atom stereocenters. The average Bonchev–Trinajstić information content (AvgIpc) is 3.23. The van der Waals surface area contributed by atoms with E-state index in [1.165, 1.54) is 116 Å². The van der Waals surface area contributed by atoms with Crippen LogP contribution >= 0.6 is 8.53 Å². The molecule has 346 valence electrons. The maximum atomic E-state index is 13.1. The van der Waals surface area contributed by atoms with Gasteiger partial charge in [0.15, 0.2) is 6.10 Å². The van der Waals surface area contributed by atoms with Crippen LogP contribution in [0.15, 0.2) is 54.6 Å². The predicted molar refractivity (Wildman–Crippen MR) is 256 cm³/mol. The van der Waals surface area contributed by atoms with Gasteiger partial charge in [0.05, 0.1) is 13.2 Å². The van der Waals surface area contributed by atoms with E-state index in [9.17, 15) is 9.59 Å². The summed E-state index contributed by atoms with van der Waals surface area (Å²) in [4.78, 5) is 25.9. The van der Waals surface area contributed by atoms with E-state index in [0.29, 0.717) is 19.4 Å². The molecule has 1 aromatic rings. The van der Waals surface area contributed by atoms with Crippen LogP contribution in [0.4, 0.5) is 0 Å². The molecule has 0 saturated heterocycles. The first kappa shape index (κ1) is 56.0. The first-order valence-corrected chi connectivity index (χ1v) is 25.9. The number of hydrogen-bond donors (Lipinski definition) is 0. The van der Waals surface area contributed by atoms with Crippen LogP contribution in [0, 0.1) is 0 Å². The van der Waals surface area contributed by atoms with Crippen molar-refractivity contribution in [3.63, 3.8) is 0 Å². The molecule has 1 rings (SSSR count). The standard InChI is InChI=1S/C52H92NO6P/c1-7-9-11-13-15-17-19-21-23-25-27-29-31-33-38-42-51(54)56-45-50(46-58-60(53(47(3)4)48(5)6)57-44-49-40-36-35-37-41-49)59-52(55)43-39-34-32-30-28-26-24-22-20-18-16-14-12-10-8-2/h21-24,35-37,40-41,47-48,50H,7-20,25-34,38-39,42-46H2,1-6H3/b23-21-,24-22-/t50-,60?/m1/s1. The second-order valence-electron chi connectivity index (χ2n) is 17.3. The summed E-state index contributed by atoms with van der Waals surface area (Å²) >= 11 is 0. The molecule has 8 heteroatoms. The fourth-order valence-corrected chi connectivity index (χ4v) is 8.94. The van der Waals surface area contributed by atoms with Crippen molar-refractivity contribution < 1.29 is 28.1 Å². The Morgan fingerprint density at radius 1 is 0.533 bits per heavy atom. The van der Waals surface area contributed by atoms with Crippen molar-refractivity contribution in [2.45, 2.75) is 246 Å². The summed E-state index contributed by atoms with van der Waals surface area (Å²) in [6.07, 6.45) is 40.9. The number of nitrogens with zero attached hydrogens (tertiary/aromatic N) is 1. The zero-order valence-corrected chi connectivity index (χ0v) is 40.6. The van der Waals surface area contributed by atoms with Crippen molar-refractivity contribution in [1.29, 1.82) is 0 Å². The number of carbonyl (C=O) groups excluding carboxylic acids is 2. The minimum absolute atomic E-state index is 0.0206. The van der Waals surface area contributed by atoms with Gasteiger partial charge in [-0.2, -0.15) is 0 Å². The molecule has 7 nitrogen and oxygen atoms in total. The molecule has 0 radical (unpaired) electrons. The van der Waals surface area contributed by atoms with E-state index in [-0.39, 0.29) is 37.2 Å². The highest BCUT2D eigenvalue weighted by Crippen LogP contribution is 2.46. The van der Waals surface area contributed by atoms with E-state index in [1.807, 2.05) is 30.3 Å². The van der Waals surface area contributed by atoms with Gasteiger partial charge in [-0.1, -0.05) is 171 Å². The SMILES string of the molecule is CCCCCCCC/C=C\CCCCCCCC(=O)OC[C@H](COP(OCc1ccccc1)N(C(C)C)C(C)C)OC(=O)CCCCCCC/C=C\CCCCCCCC. The Hall–Kier alpha value is -2.05. The third-order valence-electron chi connectivity index (χ3n) is 10.8. The van der Waals surface area contributed by atoms with Crippen LogP contribution in [0.25, 0.3) is 0 Å². The van der Waals surface area contributed by atoms with Gasteiger partial charge in [-0.15, -0.1) is 0 Å². The summed E-state index contributed by atoms with van der Waals surface area (Å²) in [5.41, 5.74) is 1.06. The Morgan fingerprint density at radius 3 is 1.40 bits per heavy atom. The lowest BCUT2D eigenvalue weighted by molar-refractivity contribution is -0.161. The molecule has 0 fully saturated rings. The summed E-state index contributed by atoms with van der Waals surface area (Å²) in [6.45, 7) is 13.5. The quantitative estimate of drug-likeness (QED) is 0.0281. The summed E-state index contributed by atoms with van der Waals surface area (Å²) in [5, 5.41) is 0. The molecule has 0 aliphatic heterocycles. The molecule has 60 heavy (non-hydrogen) atoms. The molecule has 0 aliphatic carbocycles. The third-order valence-corrected chi connectivity index (χ3v) is 12.8. The van der Waals surface area contributed by atoms with Crippen LogP contribution in [0.5, 0.6) is 0 Å². The average molecular weight is 858 g/mol. The minimum Gasteiger partial charge on any atom is -0.462 e. The number of esters is 2. The van der Waals surface area contributed by atoms with E-state index in [1.54, 1.807) is 0 Å². The van der Waals surface area contributed by atoms with Crippen molar-refractivity contribution >= 4 is 20.5 Å². The molecule has 0 N–H and O–H groups in total. The van der Waals surface area contributed by atoms with Crippen LogP contribution in [0.1, 0.15) is 227 Å². The van der Waals surface area contributed by atoms with Gasteiger partial charge < -0.3 is 18.5 Å².